The standard InChI is InChI=1S/C45H27N3O2/c1-2-12-28(13-3-1)38-27-39(32-15-5-4-14-31(32)37-18-10-11-25-46-37)48-45(47-38)35-23-22-30(43-34-17-7-9-20-41(34)50-44(35)43)29-21-24-42-36(26-29)33-16-6-8-19-40(33)49-42/h1-27H. The van der Waals surface area contributed by atoms with Gasteiger partial charge >= 0.3 is 0 Å². The minimum Gasteiger partial charge on any atom is -0.456 e. The first-order chi connectivity index (χ1) is 24.8. The molecular weight excluding hydrogens is 615 g/mol. The molecule has 0 aliphatic carbocycles. The topological polar surface area (TPSA) is 65.0 Å². The predicted octanol–water partition coefficient (Wildman–Crippen LogP) is 12.0. The number of furan rings is 2. The number of nitrogens with zero attached hydrogens (tertiary/aromatic N) is 3. The van der Waals surface area contributed by atoms with Crippen LogP contribution >= 0.6 is 0 Å². The summed E-state index contributed by atoms with van der Waals surface area (Å²) in [5, 5.41) is 4.24. The number of para-hydroxylation sites is 2. The van der Waals surface area contributed by atoms with E-state index in [1.54, 1.807) is 0 Å². The summed E-state index contributed by atoms with van der Waals surface area (Å²) in [5.74, 6) is 0.587. The third-order valence-electron chi connectivity index (χ3n) is 9.39. The summed E-state index contributed by atoms with van der Waals surface area (Å²) in [6.45, 7) is 0. The average molecular weight is 642 g/mol. The van der Waals surface area contributed by atoms with Gasteiger partial charge in [0.2, 0.25) is 0 Å². The van der Waals surface area contributed by atoms with E-state index >= 15 is 0 Å². The zero-order valence-corrected chi connectivity index (χ0v) is 26.7. The van der Waals surface area contributed by atoms with Crippen LogP contribution in [-0.4, -0.2) is 15.0 Å². The Balaban J connectivity index is 1.23. The highest BCUT2D eigenvalue weighted by Gasteiger charge is 2.21. The molecule has 6 aromatic carbocycles. The highest BCUT2D eigenvalue weighted by atomic mass is 16.3. The molecule has 0 N–H and O–H groups in total. The third kappa shape index (κ3) is 4.60. The first kappa shape index (κ1) is 28.2. The van der Waals surface area contributed by atoms with Crippen LogP contribution in [0.25, 0.3) is 100 Å². The van der Waals surface area contributed by atoms with Gasteiger partial charge in [-0.2, -0.15) is 0 Å². The molecule has 0 saturated carbocycles. The third-order valence-corrected chi connectivity index (χ3v) is 9.39. The largest absolute Gasteiger partial charge is 0.456 e. The van der Waals surface area contributed by atoms with Gasteiger partial charge in [0.25, 0.3) is 0 Å². The lowest BCUT2D eigenvalue weighted by Crippen LogP contribution is -1.98. The molecule has 0 bridgehead atoms. The Kier molecular flexibility index (Phi) is 6.42. The van der Waals surface area contributed by atoms with Gasteiger partial charge < -0.3 is 8.83 Å². The van der Waals surface area contributed by atoms with E-state index in [2.05, 4.69) is 83.8 Å². The van der Waals surface area contributed by atoms with Gasteiger partial charge in [0.05, 0.1) is 22.6 Å². The summed E-state index contributed by atoms with van der Waals surface area (Å²) in [7, 11) is 0. The second kappa shape index (κ2) is 11.4. The Morgan fingerprint density at radius 1 is 0.380 bits per heavy atom. The van der Waals surface area contributed by atoms with Crippen molar-refractivity contribution in [2.45, 2.75) is 0 Å². The number of pyridine rings is 1. The molecular formula is C45H27N3O2. The molecule has 10 rings (SSSR count). The first-order valence-corrected chi connectivity index (χ1v) is 16.6. The Hall–Kier alpha value is -6.85. The SMILES string of the molecule is c1ccc(-c2cc(-c3ccccc3-c3ccccn3)nc(-c3ccc(-c4ccc5oc6ccccc6c5c4)c4c3oc3ccccc34)n2)cc1. The number of fused-ring (bicyclic) bond motifs is 6. The lowest BCUT2D eigenvalue weighted by Gasteiger charge is -2.13. The lowest BCUT2D eigenvalue weighted by molar-refractivity contribution is 0.669. The molecule has 4 aromatic heterocycles. The predicted molar refractivity (Wildman–Crippen MR) is 202 cm³/mol. The zero-order valence-electron chi connectivity index (χ0n) is 26.7. The summed E-state index contributed by atoms with van der Waals surface area (Å²) >= 11 is 0. The summed E-state index contributed by atoms with van der Waals surface area (Å²) in [4.78, 5) is 15.1. The molecule has 0 spiro atoms. The monoisotopic (exact) mass is 641 g/mol. The fourth-order valence-corrected chi connectivity index (χ4v) is 7.05. The normalized spacial score (nSPS) is 11.6. The maximum atomic E-state index is 6.72. The Bertz CT molecular complexity index is 2870. The second-order valence-electron chi connectivity index (χ2n) is 12.4. The Morgan fingerprint density at radius 2 is 1.04 bits per heavy atom. The van der Waals surface area contributed by atoms with Crippen LogP contribution in [-0.2, 0) is 0 Å². The van der Waals surface area contributed by atoms with Crippen molar-refractivity contribution >= 4 is 43.9 Å². The smallest absolute Gasteiger partial charge is 0.164 e. The quantitative estimate of drug-likeness (QED) is 0.187. The molecule has 5 nitrogen and oxygen atoms in total. The van der Waals surface area contributed by atoms with Crippen LogP contribution in [0, 0.1) is 0 Å². The fraction of sp³-hybridized carbons (Fsp3) is 0. The molecule has 0 saturated heterocycles. The first-order valence-electron chi connectivity index (χ1n) is 16.6. The molecule has 0 aliphatic rings. The molecule has 5 heteroatoms. The molecule has 0 amide bonds. The Morgan fingerprint density at radius 3 is 1.86 bits per heavy atom. The number of benzene rings is 6. The van der Waals surface area contributed by atoms with Crippen molar-refractivity contribution in [2.75, 3.05) is 0 Å². The van der Waals surface area contributed by atoms with Gasteiger partial charge in [-0.1, -0.05) is 109 Å². The molecule has 234 valence electrons. The minimum absolute atomic E-state index is 0.587. The summed E-state index contributed by atoms with van der Waals surface area (Å²) in [6.07, 6.45) is 1.82. The Labute approximate surface area is 287 Å². The van der Waals surface area contributed by atoms with Crippen LogP contribution in [0.15, 0.2) is 173 Å². The van der Waals surface area contributed by atoms with E-state index in [-0.39, 0.29) is 0 Å². The minimum atomic E-state index is 0.587. The van der Waals surface area contributed by atoms with Crippen LogP contribution in [0.5, 0.6) is 0 Å². The fourth-order valence-electron chi connectivity index (χ4n) is 7.05. The van der Waals surface area contributed by atoms with Gasteiger partial charge in [0, 0.05) is 44.4 Å². The van der Waals surface area contributed by atoms with Crippen molar-refractivity contribution in [1.82, 2.24) is 15.0 Å². The van der Waals surface area contributed by atoms with E-state index < -0.39 is 0 Å². The van der Waals surface area contributed by atoms with Gasteiger partial charge in [-0.15, -0.1) is 0 Å². The van der Waals surface area contributed by atoms with Crippen LogP contribution in [0.3, 0.4) is 0 Å². The summed E-state index contributed by atoms with van der Waals surface area (Å²) in [5.41, 5.74) is 11.8. The van der Waals surface area contributed by atoms with Crippen LogP contribution in [0.1, 0.15) is 0 Å². The van der Waals surface area contributed by atoms with Crippen LogP contribution in [0.2, 0.25) is 0 Å². The number of hydrogen-bond donors (Lipinski definition) is 0. The molecule has 50 heavy (non-hydrogen) atoms. The summed E-state index contributed by atoms with van der Waals surface area (Å²) < 4.78 is 12.9. The van der Waals surface area contributed by atoms with Gasteiger partial charge in [0.1, 0.15) is 22.3 Å². The van der Waals surface area contributed by atoms with Gasteiger partial charge in [0.15, 0.2) is 5.82 Å². The van der Waals surface area contributed by atoms with Crippen molar-refractivity contribution < 1.29 is 8.83 Å². The van der Waals surface area contributed by atoms with Crippen LogP contribution in [0.4, 0.5) is 0 Å². The van der Waals surface area contributed by atoms with Crippen molar-refractivity contribution in [1.29, 1.82) is 0 Å². The number of rotatable bonds is 5. The van der Waals surface area contributed by atoms with Crippen molar-refractivity contribution in [3.05, 3.63) is 164 Å². The van der Waals surface area contributed by atoms with E-state index in [1.165, 1.54) is 0 Å². The van der Waals surface area contributed by atoms with E-state index in [0.717, 1.165) is 94.3 Å². The average Bonchev–Trinajstić information content (AvgIpc) is 3.77. The highest BCUT2D eigenvalue weighted by molar-refractivity contribution is 6.17. The van der Waals surface area contributed by atoms with E-state index in [0.29, 0.717) is 5.82 Å². The van der Waals surface area contributed by atoms with E-state index in [1.807, 2.05) is 85.1 Å². The van der Waals surface area contributed by atoms with Crippen LogP contribution < -0.4 is 0 Å². The molecule has 0 fully saturated rings. The second-order valence-corrected chi connectivity index (χ2v) is 12.4. The van der Waals surface area contributed by atoms with E-state index in [4.69, 9.17) is 18.8 Å². The summed E-state index contributed by atoms with van der Waals surface area (Å²) in [6, 6.07) is 53.6. The molecule has 10 aromatic rings. The maximum absolute atomic E-state index is 6.72. The number of hydrogen-bond acceptors (Lipinski definition) is 5. The molecule has 0 radical (unpaired) electrons. The zero-order chi connectivity index (χ0) is 33.0. The van der Waals surface area contributed by atoms with Gasteiger partial charge in [-0.05, 0) is 59.7 Å². The van der Waals surface area contributed by atoms with Crippen molar-refractivity contribution in [3.63, 3.8) is 0 Å². The highest BCUT2D eigenvalue weighted by Crippen LogP contribution is 2.43. The lowest BCUT2D eigenvalue weighted by atomic mass is 9.95. The maximum Gasteiger partial charge on any atom is 0.164 e. The molecule has 0 unspecified atom stereocenters. The number of aromatic nitrogens is 3. The molecule has 4 heterocycles. The van der Waals surface area contributed by atoms with Crippen molar-refractivity contribution in [2.24, 2.45) is 0 Å². The molecule has 0 atom stereocenters. The molecule has 0 aliphatic heterocycles. The van der Waals surface area contributed by atoms with Crippen molar-refractivity contribution in [3.8, 4) is 56.3 Å². The van der Waals surface area contributed by atoms with Gasteiger partial charge in [-0.25, -0.2) is 9.97 Å². The van der Waals surface area contributed by atoms with Gasteiger partial charge in [-0.3, -0.25) is 4.98 Å². The van der Waals surface area contributed by atoms with E-state index in [9.17, 15) is 0 Å².